The molecule has 1 atom stereocenters. The van der Waals surface area contributed by atoms with E-state index >= 15 is 0 Å². The maximum Gasteiger partial charge on any atom is 0.341 e. The second-order valence-corrected chi connectivity index (χ2v) is 8.82. The van der Waals surface area contributed by atoms with Crippen molar-refractivity contribution in [2.75, 3.05) is 11.9 Å². The lowest BCUT2D eigenvalue weighted by molar-refractivity contribution is -0.115. The Morgan fingerprint density at radius 2 is 2.08 bits per heavy atom. The van der Waals surface area contributed by atoms with Gasteiger partial charge in [-0.05, 0) is 48.3 Å². The zero-order valence-electron chi connectivity index (χ0n) is 15.2. The Bertz CT molecular complexity index is 788. The highest BCUT2D eigenvalue weighted by Gasteiger charge is 2.30. The minimum atomic E-state index is -0.359. The molecule has 3 rings (SSSR count). The Balaban J connectivity index is 1.78. The standard InChI is InChI=1S/C20H23NO3S2/c1-4-24-20(23)17-14(9-12(2)3)11-25-19(17)21-18(22)16-10-13-7-5-6-8-15(13)26-16/h5-8,11-12,16H,4,9-10H2,1-3H3,(H,21,22). The summed E-state index contributed by atoms with van der Waals surface area (Å²) in [7, 11) is 0. The first-order valence-corrected chi connectivity index (χ1v) is 10.6. The van der Waals surface area contributed by atoms with E-state index in [9.17, 15) is 9.59 Å². The van der Waals surface area contributed by atoms with E-state index in [0.29, 0.717) is 29.5 Å². The van der Waals surface area contributed by atoms with Crippen molar-refractivity contribution in [1.29, 1.82) is 0 Å². The maximum absolute atomic E-state index is 12.8. The summed E-state index contributed by atoms with van der Waals surface area (Å²) in [5, 5.41) is 5.36. The number of thioether (sulfide) groups is 1. The first-order valence-electron chi connectivity index (χ1n) is 8.82. The minimum absolute atomic E-state index is 0.0605. The van der Waals surface area contributed by atoms with Crippen molar-refractivity contribution in [3.63, 3.8) is 0 Å². The van der Waals surface area contributed by atoms with Crippen molar-refractivity contribution in [2.24, 2.45) is 5.92 Å². The van der Waals surface area contributed by atoms with Gasteiger partial charge in [-0.15, -0.1) is 23.1 Å². The van der Waals surface area contributed by atoms with Crippen LogP contribution in [0.5, 0.6) is 0 Å². The molecule has 2 heterocycles. The van der Waals surface area contributed by atoms with E-state index in [1.165, 1.54) is 16.9 Å². The third-order valence-corrected chi connectivity index (χ3v) is 6.41. The molecule has 2 aromatic rings. The van der Waals surface area contributed by atoms with Crippen molar-refractivity contribution in [3.8, 4) is 0 Å². The van der Waals surface area contributed by atoms with Gasteiger partial charge in [0.15, 0.2) is 0 Å². The van der Waals surface area contributed by atoms with Gasteiger partial charge >= 0.3 is 5.97 Å². The molecule has 1 amide bonds. The van der Waals surface area contributed by atoms with Crippen LogP contribution in [0.4, 0.5) is 5.00 Å². The Morgan fingerprint density at radius 3 is 2.77 bits per heavy atom. The summed E-state index contributed by atoms with van der Waals surface area (Å²) in [6.45, 7) is 6.32. The van der Waals surface area contributed by atoms with E-state index < -0.39 is 0 Å². The lowest BCUT2D eigenvalue weighted by atomic mass is 10.0. The quantitative estimate of drug-likeness (QED) is 0.723. The summed E-state index contributed by atoms with van der Waals surface area (Å²) in [6.07, 6.45) is 1.50. The van der Waals surface area contributed by atoms with Crippen LogP contribution in [0.15, 0.2) is 34.5 Å². The molecule has 4 nitrogen and oxygen atoms in total. The Hall–Kier alpha value is -1.79. The van der Waals surface area contributed by atoms with E-state index in [4.69, 9.17) is 4.74 Å². The average Bonchev–Trinajstić information content (AvgIpc) is 3.18. The highest BCUT2D eigenvalue weighted by molar-refractivity contribution is 8.01. The Kier molecular flexibility index (Phi) is 6.04. The molecule has 1 aliphatic rings. The first-order chi connectivity index (χ1) is 12.5. The van der Waals surface area contributed by atoms with Crippen LogP contribution in [-0.4, -0.2) is 23.7 Å². The SMILES string of the molecule is CCOC(=O)c1c(CC(C)C)csc1NC(=O)C1Cc2ccccc2S1. The van der Waals surface area contributed by atoms with Gasteiger partial charge in [-0.25, -0.2) is 4.79 Å². The van der Waals surface area contributed by atoms with Crippen molar-refractivity contribution >= 4 is 40.0 Å². The number of ether oxygens (including phenoxy) is 1. The summed E-state index contributed by atoms with van der Waals surface area (Å²) in [5.41, 5.74) is 2.66. The number of rotatable bonds is 6. The predicted octanol–water partition coefficient (Wildman–Crippen LogP) is 4.78. The van der Waals surface area contributed by atoms with Crippen LogP contribution in [-0.2, 0) is 22.4 Å². The Morgan fingerprint density at radius 1 is 1.31 bits per heavy atom. The molecule has 138 valence electrons. The number of anilines is 1. The number of amides is 1. The molecule has 0 saturated carbocycles. The van der Waals surface area contributed by atoms with Gasteiger partial charge in [0.1, 0.15) is 5.00 Å². The molecule has 0 spiro atoms. The summed E-state index contributed by atoms with van der Waals surface area (Å²) in [4.78, 5) is 26.4. The molecule has 0 aliphatic carbocycles. The lowest BCUT2D eigenvalue weighted by Gasteiger charge is -2.12. The number of carbonyl (C=O) groups excluding carboxylic acids is 2. The van der Waals surface area contributed by atoms with Gasteiger partial charge in [0.2, 0.25) is 5.91 Å². The largest absolute Gasteiger partial charge is 0.462 e. The van der Waals surface area contributed by atoms with Gasteiger partial charge in [0.25, 0.3) is 0 Å². The van der Waals surface area contributed by atoms with E-state index in [2.05, 4.69) is 25.2 Å². The predicted molar refractivity (Wildman–Crippen MR) is 107 cm³/mol. The highest BCUT2D eigenvalue weighted by atomic mass is 32.2. The molecule has 0 bridgehead atoms. The van der Waals surface area contributed by atoms with E-state index in [1.807, 2.05) is 23.6 Å². The number of hydrogen-bond acceptors (Lipinski definition) is 5. The molecule has 6 heteroatoms. The molecular formula is C20H23NO3S2. The minimum Gasteiger partial charge on any atom is -0.462 e. The summed E-state index contributed by atoms with van der Waals surface area (Å²) >= 11 is 2.98. The van der Waals surface area contributed by atoms with Crippen LogP contribution >= 0.6 is 23.1 Å². The fourth-order valence-electron chi connectivity index (χ4n) is 3.02. The van der Waals surface area contributed by atoms with Crippen molar-refractivity contribution < 1.29 is 14.3 Å². The van der Waals surface area contributed by atoms with Gasteiger partial charge in [-0.2, -0.15) is 0 Å². The zero-order chi connectivity index (χ0) is 18.7. The number of thiophene rings is 1. The number of carbonyl (C=O) groups is 2. The van der Waals surface area contributed by atoms with Gasteiger partial charge in [0, 0.05) is 4.90 Å². The lowest BCUT2D eigenvalue weighted by Crippen LogP contribution is -2.25. The summed E-state index contributed by atoms with van der Waals surface area (Å²) in [5.74, 6) is -0.00188. The molecule has 1 aromatic heterocycles. The number of benzene rings is 1. The number of esters is 1. The molecule has 0 saturated heterocycles. The van der Waals surface area contributed by atoms with Crippen molar-refractivity contribution in [3.05, 3.63) is 46.3 Å². The van der Waals surface area contributed by atoms with E-state index in [1.54, 1.807) is 18.7 Å². The fraction of sp³-hybridized carbons (Fsp3) is 0.400. The normalized spacial score (nSPS) is 15.8. The van der Waals surface area contributed by atoms with Gasteiger partial charge in [-0.3, -0.25) is 4.79 Å². The van der Waals surface area contributed by atoms with Gasteiger partial charge < -0.3 is 10.1 Å². The van der Waals surface area contributed by atoms with Crippen LogP contribution in [0.1, 0.15) is 42.3 Å². The monoisotopic (exact) mass is 389 g/mol. The molecular weight excluding hydrogens is 366 g/mol. The number of hydrogen-bond donors (Lipinski definition) is 1. The first kappa shape index (κ1) is 19.0. The molecule has 1 N–H and O–H groups in total. The van der Waals surface area contributed by atoms with Gasteiger partial charge in [-0.1, -0.05) is 32.0 Å². The molecule has 1 aromatic carbocycles. The molecule has 26 heavy (non-hydrogen) atoms. The fourth-order valence-corrected chi connectivity index (χ4v) is 5.18. The summed E-state index contributed by atoms with van der Waals surface area (Å²) in [6, 6.07) is 8.09. The van der Waals surface area contributed by atoms with E-state index in [-0.39, 0.29) is 17.1 Å². The smallest absolute Gasteiger partial charge is 0.341 e. The highest BCUT2D eigenvalue weighted by Crippen LogP contribution is 2.38. The Labute approximate surface area is 162 Å². The van der Waals surface area contributed by atoms with Gasteiger partial charge in [0.05, 0.1) is 17.4 Å². The number of nitrogens with one attached hydrogen (secondary N) is 1. The molecule has 1 unspecified atom stereocenters. The maximum atomic E-state index is 12.8. The second-order valence-electron chi connectivity index (χ2n) is 6.69. The van der Waals surface area contributed by atoms with Crippen molar-refractivity contribution in [2.45, 2.75) is 43.8 Å². The zero-order valence-corrected chi connectivity index (χ0v) is 16.8. The summed E-state index contributed by atoms with van der Waals surface area (Å²) < 4.78 is 5.22. The second kappa shape index (κ2) is 8.27. The van der Waals surface area contributed by atoms with E-state index in [0.717, 1.165) is 16.9 Å². The van der Waals surface area contributed by atoms with Crippen LogP contribution in [0.2, 0.25) is 0 Å². The number of fused-ring (bicyclic) bond motifs is 1. The third kappa shape index (κ3) is 4.13. The van der Waals surface area contributed by atoms with Crippen LogP contribution in [0.3, 0.4) is 0 Å². The molecule has 1 aliphatic heterocycles. The average molecular weight is 390 g/mol. The van der Waals surface area contributed by atoms with Crippen molar-refractivity contribution in [1.82, 2.24) is 0 Å². The van der Waals surface area contributed by atoms with Crippen LogP contribution in [0.25, 0.3) is 0 Å². The van der Waals surface area contributed by atoms with Crippen LogP contribution in [0, 0.1) is 5.92 Å². The molecule has 0 fully saturated rings. The molecule has 0 radical (unpaired) electrons. The topological polar surface area (TPSA) is 55.4 Å². The third-order valence-electron chi connectivity index (χ3n) is 4.15. The van der Waals surface area contributed by atoms with Crippen LogP contribution < -0.4 is 5.32 Å².